The van der Waals surface area contributed by atoms with Gasteiger partial charge in [0.2, 0.25) is 0 Å². The normalized spacial score (nSPS) is 11.1. The molecule has 0 aliphatic heterocycles. The predicted molar refractivity (Wildman–Crippen MR) is 134 cm³/mol. The summed E-state index contributed by atoms with van der Waals surface area (Å²) in [4.78, 5) is 21.1. The number of aryl methyl sites for hydroxylation is 1. The minimum absolute atomic E-state index is 0.106. The first-order valence-corrected chi connectivity index (χ1v) is 11.5. The third-order valence-corrected chi connectivity index (χ3v) is 5.84. The van der Waals surface area contributed by atoms with Gasteiger partial charge in [0.05, 0.1) is 23.1 Å². The fraction of sp³-hybridized carbons (Fsp3) is 0.179. The lowest BCUT2D eigenvalue weighted by Crippen LogP contribution is -2.25. The number of imidazole rings is 1. The summed E-state index contributed by atoms with van der Waals surface area (Å²) >= 11 is 0. The Morgan fingerprint density at radius 3 is 2.71 bits per heavy atom. The molecule has 6 nitrogen and oxygen atoms in total. The van der Waals surface area contributed by atoms with Crippen LogP contribution in [0.2, 0.25) is 0 Å². The summed E-state index contributed by atoms with van der Waals surface area (Å²) in [6.45, 7) is 1.81. The summed E-state index contributed by atoms with van der Waals surface area (Å²) in [5.74, 6) is 1.78. The van der Waals surface area contributed by atoms with Gasteiger partial charge in [-0.15, -0.1) is 0 Å². The van der Waals surface area contributed by atoms with Gasteiger partial charge in [-0.25, -0.2) is 4.98 Å². The molecule has 0 radical (unpaired) electrons. The van der Waals surface area contributed by atoms with E-state index in [9.17, 15) is 4.79 Å². The molecule has 0 saturated carbocycles. The van der Waals surface area contributed by atoms with Crippen LogP contribution in [0.15, 0.2) is 91.3 Å². The minimum atomic E-state index is -0.106. The molecule has 2 heterocycles. The first-order valence-electron chi connectivity index (χ1n) is 11.5. The van der Waals surface area contributed by atoms with Crippen molar-refractivity contribution in [3.63, 3.8) is 0 Å². The number of hydrogen-bond donors (Lipinski definition) is 1. The van der Waals surface area contributed by atoms with Crippen LogP contribution in [0.25, 0.3) is 21.8 Å². The van der Waals surface area contributed by atoms with Crippen LogP contribution in [-0.4, -0.2) is 33.6 Å². The highest BCUT2D eigenvalue weighted by Crippen LogP contribution is 2.25. The largest absolute Gasteiger partial charge is 0.491 e. The summed E-state index contributed by atoms with van der Waals surface area (Å²) in [5, 5.41) is 5.25. The molecule has 2 aromatic heterocycles. The number of fused-ring (bicyclic) bond motifs is 2. The Morgan fingerprint density at radius 1 is 0.941 bits per heavy atom. The molecule has 0 bridgehead atoms. The maximum Gasteiger partial charge on any atom is 0.252 e. The van der Waals surface area contributed by atoms with Crippen molar-refractivity contribution in [2.24, 2.45) is 0 Å². The molecule has 6 heteroatoms. The molecule has 0 aliphatic rings. The number of carbonyl (C=O) groups is 1. The second-order valence-electron chi connectivity index (χ2n) is 8.10. The SMILES string of the molecule is O=C(NCCCc1nc2ccccc2n1CCOc1cccc2ccccc12)c1cccnc1. The lowest BCUT2D eigenvalue weighted by Gasteiger charge is -2.12. The van der Waals surface area contributed by atoms with E-state index in [0.717, 1.165) is 40.8 Å². The first-order chi connectivity index (χ1) is 16.8. The van der Waals surface area contributed by atoms with Gasteiger partial charge in [0, 0.05) is 30.7 Å². The van der Waals surface area contributed by atoms with Gasteiger partial charge in [0.25, 0.3) is 5.91 Å². The van der Waals surface area contributed by atoms with E-state index in [2.05, 4.69) is 39.1 Å². The molecule has 1 N–H and O–H groups in total. The Labute approximate surface area is 198 Å². The van der Waals surface area contributed by atoms with E-state index in [1.165, 1.54) is 5.39 Å². The Balaban J connectivity index is 1.24. The number of aromatic nitrogens is 3. The molecular formula is C28H26N4O2. The summed E-state index contributed by atoms with van der Waals surface area (Å²) in [7, 11) is 0. The number of hydrogen-bond acceptors (Lipinski definition) is 4. The molecule has 3 aromatic carbocycles. The zero-order chi connectivity index (χ0) is 23.2. The van der Waals surface area contributed by atoms with E-state index in [-0.39, 0.29) is 5.91 Å². The fourth-order valence-electron chi connectivity index (χ4n) is 4.18. The average molecular weight is 451 g/mol. The van der Waals surface area contributed by atoms with Gasteiger partial charge in [0.15, 0.2) is 0 Å². The number of pyridine rings is 1. The van der Waals surface area contributed by atoms with Crippen molar-refractivity contribution in [1.29, 1.82) is 0 Å². The lowest BCUT2D eigenvalue weighted by atomic mass is 10.1. The molecule has 5 aromatic rings. The van der Waals surface area contributed by atoms with Crippen LogP contribution in [0.5, 0.6) is 5.75 Å². The third kappa shape index (κ3) is 4.76. The molecule has 0 saturated heterocycles. The summed E-state index contributed by atoms with van der Waals surface area (Å²) < 4.78 is 8.42. The smallest absolute Gasteiger partial charge is 0.252 e. The number of para-hydroxylation sites is 2. The minimum Gasteiger partial charge on any atom is -0.491 e. The van der Waals surface area contributed by atoms with Crippen molar-refractivity contribution in [2.75, 3.05) is 13.2 Å². The molecule has 170 valence electrons. The number of ether oxygens (including phenoxy) is 1. The van der Waals surface area contributed by atoms with Gasteiger partial charge >= 0.3 is 0 Å². The van der Waals surface area contributed by atoms with Crippen LogP contribution in [0.4, 0.5) is 0 Å². The van der Waals surface area contributed by atoms with E-state index < -0.39 is 0 Å². The predicted octanol–water partition coefficient (Wildman–Crippen LogP) is 5.03. The third-order valence-electron chi connectivity index (χ3n) is 5.84. The lowest BCUT2D eigenvalue weighted by molar-refractivity contribution is 0.0952. The van der Waals surface area contributed by atoms with Gasteiger partial charge < -0.3 is 14.6 Å². The van der Waals surface area contributed by atoms with Gasteiger partial charge in [-0.1, -0.05) is 48.5 Å². The van der Waals surface area contributed by atoms with Crippen LogP contribution in [0.1, 0.15) is 22.6 Å². The number of nitrogens with one attached hydrogen (secondary N) is 1. The van der Waals surface area contributed by atoms with Crippen LogP contribution in [-0.2, 0) is 13.0 Å². The maximum absolute atomic E-state index is 12.2. The van der Waals surface area contributed by atoms with E-state index >= 15 is 0 Å². The quantitative estimate of drug-likeness (QED) is 0.320. The molecule has 34 heavy (non-hydrogen) atoms. The van der Waals surface area contributed by atoms with Crippen molar-refractivity contribution in [3.05, 3.63) is 103 Å². The highest BCUT2D eigenvalue weighted by Gasteiger charge is 2.11. The zero-order valence-corrected chi connectivity index (χ0v) is 18.9. The first kappa shape index (κ1) is 21.6. The van der Waals surface area contributed by atoms with Crippen LogP contribution < -0.4 is 10.1 Å². The number of carbonyl (C=O) groups excluding carboxylic acids is 1. The summed E-state index contributed by atoms with van der Waals surface area (Å²) in [5.41, 5.74) is 2.64. The van der Waals surface area contributed by atoms with Crippen LogP contribution in [0.3, 0.4) is 0 Å². The molecule has 0 fully saturated rings. The van der Waals surface area contributed by atoms with Crippen molar-refractivity contribution in [3.8, 4) is 5.75 Å². The number of benzene rings is 3. The van der Waals surface area contributed by atoms with Gasteiger partial charge in [0.1, 0.15) is 18.2 Å². The molecule has 0 unspecified atom stereocenters. The zero-order valence-electron chi connectivity index (χ0n) is 18.9. The van der Waals surface area contributed by atoms with E-state index in [1.54, 1.807) is 24.5 Å². The highest BCUT2D eigenvalue weighted by atomic mass is 16.5. The van der Waals surface area contributed by atoms with Crippen molar-refractivity contribution < 1.29 is 9.53 Å². The number of nitrogens with zero attached hydrogens (tertiary/aromatic N) is 3. The Kier molecular flexibility index (Phi) is 6.47. The molecule has 0 atom stereocenters. The summed E-state index contributed by atoms with van der Waals surface area (Å²) in [6.07, 6.45) is 4.78. The van der Waals surface area contributed by atoms with E-state index in [0.29, 0.717) is 25.3 Å². The molecule has 1 amide bonds. The van der Waals surface area contributed by atoms with Crippen molar-refractivity contribution in [1.82, 2.24) is 19.9 Å². The number of amides is 1. The van der Waals surface area contributed by atoms with Crippen molar-refractivity contribution in [2.45, 2.75) is 19.4 Å². The van der Waals surface area contributed by atoms with E-state index in [4.69, 9.17) is 9.72 Å². The van der Waals surface area contributed by atoms with Gasteiger partial charge in [-0.3, -0.25) is 9.78 Å². The standard InChI is InChI=1S/C28H26N4O2/c33-28(22-10-6-16-29-20-22)30-17-7-15-27-31-24-12-3-4-13-25(24)32(27)18-19-34-26-14-5-9-21-8-1-2-11-23(21)26/h1-6,8-14,16,20H,7,15,17-19H2,(H,30,33). The Hall–Kier alpha value is -4.19. The highest BCUT2D eigenvalue weighted by molar-refractivity contribution is 5.93. The fourth-order valence-corrected chi connectivity index (χ4v) is 4.18. The van der Waals surface area contributed by atoms with Crippen LogP contribution in [0, 0.1) is 0 Å². The molecule has 5 rings (SSSR count). The van der Waals surface area contributed by atoms with Gasteiger partial charge in [-0.05, 0) is 42.1 Å². The average Bonchev–Trinajstić information content (AvgIpc) is 3.24. The van der Waals surface area contributed by atoms with Crippen molar-refractivity contribution >= 4 is 27.7 Å². The Bertz CT molecular complexity index is 1410. The molecule has 0 spiro atoms. The van der Waals surface area contributed by atoms with E-state index in [1.807, 2.05) is 42.5 Å². The van der Waals surface area contributed by atoms with Crippen LogP contribution >= 0.6 is 0 Å². The topological polar surface area (TPSA) is 69.0 Å². The molecule has 0 aliphatic carbocycles. The second-order valence-corrected chi connectivity index (χ2v) is 8.10. The summed E-state index contributed by atoms with van der Waals surface area (Å²) in [6, 6.07) is 26.1. The Morgan fingerprint density at radius 2 is 1.79 bits per heavy atom. The second kappa shape index (κ2) is 10.2. The number of rotatable bonds is 9. The van der Waals surface area contributed by atoms with Gasteiger partial charge in [-0.2, -0.15) is 0 Å². The molecular weight excluding hydrogens is 424 g/mol. The monoisotopic (exact) mass is 450 g/mol. The maximum atomic E-state index is 12.2.